The molecule has 0 radical (unpaired) electrons. The Morgan fingerprint density at radius 2 is 2.06 bits per heavy atom. The smallest absolute Gasteiger partial charge is 0.374 e. The minimum Gasteiger partial charge on any atom is -0.460 e. The maximum absolute atomic E-state index is 13.1. The van der Waals surface area contributed by atoms with E-state index < -0.39 is 17.6 Å². The van der Waals surface area contributed by atoms with Crippen molar-refractivity contribution in [2.45, 2.75) is 13.3 Å². The lowest BCUT2D eigenvalue weighted by molar-refractivity contribution is -0.153. The highest BCUT2D eigenvalue weighted by Gasteiger charge is 2.18. The number of halogens is 3. The van der Waals surface area contributed by atoms with Crippen molar-refractivity contribution in [3.63, 3.8) is 0 Å². The third-order valence-electron chi connectivity index (χ3n) is 1.81. The molecule has 0 spiro atoms. The fraction of sp³-hybridized carbons (Fsp3) is 0.300. The van der Waals surface area contributed by atoms with E-state index in [4.69, 9.17) is 23.2 Å². The molecule has 0 amide bonds. The summed E-state index contributed by atoms with van der Waals surface area (Å²) in [5.74, 6) is -2.61. The van der Waals surface area contributed by atoms with Crippen LogP contribution in [0.15, 0.2) is 6.07 Å². The first-order valence-electron chi connectivity index (χ1n) is 4.66. The zero-order valence-electron chi connectivity index (χ0n) is 8.80. The van der Waals surface area contributed by atoms with Gasteiger partial charge in [-0.25, -0.2) is 14.2 Å². The lowest BCUT2D eigenvalue weighted by Gasteiger charge is -2.04. The number of carbonyl (C=O) groups excluding carboxylic acids is 2. The minimum atomic E-state index is -0.987. The number of rotatable bonds is 4. The van der Waals surface area contributed by atoms with Gasteiger partial charge in [-0.3, -0.25) is 4.79 Å². The molecule has 0 saturated carbocycles. The zero-order chi connectivity index (χ0) is 13.0. The summed E-state index contributed by atoms with van der Waals surface area (Å²) in [6, 6.07) is 0.967. The van der Waals surface area contributed by atoms with Gasteiger partial charge in [-0.1, -0.05) is 23.2 Å². The number of ether oxygens (including phenoxy) is 1. The van der Waals surface area contributed by atoms with Crippen LogP contribution < -0.4 is 0 Å². The van der Waals surface area contributed by atoms with Gasteiger partial charge in [0.05, 0.1) is 6.61 Å². The molecule has 17 heavy (non-hydrogen) atoms. The van der Waals surface area contributed by atoms with Gasteiger partial charge >= 0.3 is 5.97 Å². The second-order valence-corrected chi connectivity index (χ2v) is 3.75. The van der Waals surface area contributed by atoms with Crippen LogP contribution in [0.1, 0.15) is 12.5 Å². The van der Waals surface area contributed by atoms with Crippen molar-refractivity contribution in [2.75, 3.05) is 6.61 Å². The van der Waals surface area contributed by atoms with Gasteiger partial charge in [0.2, 0.25) is 5.78 Å². The summed E-state index contributed by atoms with van der Waals surface area (Å²) in [6.07, 6.45) is -0.376. The summed E-state index contributed by atoms with van der Waals surface area (Å²) in [5, 5.41) is -0.503. The van der Waals surface area contributed by atoms with Gasteiger partial charge in [0.25, 0.3) is 0 Å². The summed E-state index contributed by atoms with van der Waals surface area (Å²) < 4.78 is 17.6. The van der Waals surface area contributed by atoms with Crippen LogP contribution >= 0.6 is 23.2 Å². The summed E-state index contributed by atoms with van der Waals surface area (Å²) in [4.78, 5) is 25.9. The quantitative estimate of drug-likeness (QED) is 0.482. The van der Waals surface area contributed by atoms with Crippen molar-refractivity contribution in [1.82, 2.24) is 4.98 Å². The third-order valence-corrected chi connectivity index (χ3v) is 2.41. The molecule has 0 atom stereocenters. The van der Waals surface area contributed by atoms with Gasteiger partial charge in [0, 0.05) is 12.0 Å². The van der Waals surface area contributed by atoms with Crippen LogP contribution in [-0.2, 0) is 20.7 Å². The minimum absolute atomic E-state index is 0.0888. The Bertz CT molecular complexity index is 465. The van der Waals surface area contributed by atoms with Crippen LogP contribution in [0.2, 0.25) is 10.3 Å². The molecule has 0 bridgehead atoms. The van der Waals surface area contributed by atoms with Crippen LogP contribution in [0, 0.1) is 5.82 Å². The summed E-state index contributed by atoms with van der Waals surface area (Å²) in [6.45, 7) is 1.66. The first-order valence-corrected chi connectivity index (χ1v) is 5.41. The van der Waals surface area contributed by atoms with Crippen molar-refractivity contribution < 1.29 is 18.7 Å². The second kappa shape index (κ2) is 5.93. The van der Waals surface area contributed by atoms with Crippen molar-refractivity contribution in [3.05, 3.63) is 27.8 Å². The Hall–Kier alpha value is -1.20. The lowest BCUT2D eigenvalue weighted by Crippen LogP contribution is -2.19. The molecule has 1 aromatic rings. The lowest BCUT2D eigenvalue weighted by atomic mass is 10.1. The normalized spacial score (nSPS) is 10.1. The van der Waals surface area contributed by atoms with Gasteiger partial charge < -0.3 is 4.74 Å². The zero-order valence-corrected chi connectivity index (χ0v) is 10.3. The molecular weight excluding hydrogens is 272 g/mol. The Morgan fingerprint density at radius 1 is 1.41 bits per heavy atom. The second-order valence-electron chi connectivity index (χ2n) is 3.03. The van der Waals surface area contributed by atoms with E-state index in [9.17, 15) is 14.0 Å². The van der Waals surface area contributed by atoms with E-state index in [1.165, 1.54) is 0 Å². The van der Waals surface area contributed by atoms with Gasteiger partial charge in [0.1, 0.15) is 5.15 Å². The summed E-state index contributed by atoms with van der Waals surface area (Å²) in [7, 11) is 0. The van der Waals surface area contributed by atoms with E-state index in [2.05, 4.69) is 9.72 Å². The average Bonchev–Trinajstić information content (AvgIpc) is 2.26. The van der Waals surface area contributed by atoms with Crippen molar-refractivity contribution in [1.29, 1.82) is 0 Å². The van der Waals surface area contributed by atoms with Crippen molar-refractivity contribution in [2.24, 2.45) is 0 Å². The highest BCUT2D eigenvalue weighted by Crippen LogP contribution is 2.20. The SMILES string of the molecule is CCOC(=O)C(=O)Cc1cc(F)c(Cl)nc1Cl. The van der Waals surface area contributed by atoms with Crippen LogP contribution in [0.3, 0.4) is 0 Å². The van der Waals surface area contributed by atoms with E-state index in [0.29, 0.717) is 0 Å². The maximum Gasteiger partial charge on any atom is 0.374 e. The molecule has 0 unspecified atom stereocenters. The number of pyridine rings is 1. The number of Topliss-reactive ketones (excluding diaryl/α,β-unsaturated/α-hetero) is 1. The largest absolute Gasteiger partial charge is 0.460 e. The summed E-state index contributed by atoms with van der Waals surface area (Å²) >= 11 is 11.0. The molecule has 1 rings (SSSR count). The van der Waals surface area contributed by atoms with Crippen molar-refractivity contribution >= 4 is 35.0 Å². The van der Waals surface area contributed by atoms with E-state index in [1.807, 2.05) is 0 Å². The molecule has 0 aliphatic rings. The molecule has 0 aromatic carbocycles. The van der Waals surface area contributed by atoms with Gasteiger partial charge in [-0.15, -0.1) is 0 Å². The number of hydrogen-bond donors (Lipinski definition) is 0. The Labute approximate surface area is 107 Å². The molecule has 0 saturated heterocycles. The van der Waals surface area contributed by atoms with E-state index in [-0.39, 0.29) is 28.9 Å². The van der Waals surface area contributed by atoms with Crippen molar-refractivity contribution in [3.8, 4) is 0 Å². The van der Waals surface area contributed by atoms with Gasteiger partial charge in [-0.05, 0) is 13.0 Å². The topological polar surface area (TPSA) is 56.3 Å². The number of nitrogens with zero attached hydrogens (tertiary/aromatic N) is 1. The van der Waals surface area contributed by atoms with Gasteiger partial charge in [-0.2, -0.15) is 0 Å². The molecule has 92 valence electrons. The van der Waals surface area contributed by atoms with Crippen LogP contribution in [0.4, 0.5) is 4.39 Å². The van der Waals surface area contributed by atoms with Crippen LogP contribution in [0.25, 0.3) is 0 Å². The fourth-order valence-corrected chi connectivity index (χ4v) is 1.45. The Morgan fingerprint density at radius 3 is 2.65 bits per heavy atom. The number of aromatic nitrogens is 1. The predicted octanol–water partition coefficient (Wildman–Crippen LogP) is 2.20. The average molecular weight is 280 g/mol. The molecule has 4 nitrogen and oxygen atoms in total. The van der Waals surface area contributed by atoms with Crippen LogP contribution in [0.5, 0.6) is 0 Å². The number of esters is 1. The first kappa shape index (κ1) is 13.9. The molecular formula is C10H8Cl2FNO3. The highest BCUT2D eigenvalue weighted by molar-refractivity contribution is 6.36. The summed E-state index contributed by atoms with van der Waals surface area (Å²) in [5.41, 5.74) is 0.0895. The predicted molar refractivity (Wildman–Crippen MR) is 59.6 cm³/mol. The first-order chi connectivity index (χ1) is 7.95. The number of ketones is 1. The van der Waals surface area contributed by atoms with E-state index >= 15 is 0 Å². The molecule has 1 heterocycles. The molecule has 7 heteroatoms. The van der Waals surface area contributed by atoms with Gasteiger partial charge in [0.15, 0.2) is 11.0 Å². The molecule has 0 fully saturated rings. The molecule has 0 N–H and O–H groups in total. The highest BCUT2D eigenvalue weighted by atomic mass is 35.5. The van der Waals surface area contributed by atoms with Crippen LogP contribution in [-0.4, -0.2) is 23.3 Å². The fourth-order valence-electron chi connectivity index (χ4n) is 1.06. The monoisotopic (exact) mass is 279 g/mol. The molecule has 1 aromatic heterocycles. The standard InChI is InChI=1S/C10H8Cl2FNO3/c1-2-17-10(16)7(15)4-5-3-6(13)9(12)14-8(5)11/h3H,2,4H2,1H3. The van der Waals surface area contributed by atoms with E-state index in [0.717, 1.165) is 6.07 Å². The molecule has 0 aliphatic carbocycles. The maximum atomic E-state index is 13.1. The van der Waals surface area contributed by atoms with E-state index in [1.54, 1.807) is 6.92 Å². The third kappa shape index (κ3) is 3.64. The Kier molecular flexibility index (Phi) is 4.84. The molecule has 0 aliphatic heterocycles. The number of carbonyl (C=O) groups is 2. The Balaban J connectivity index is 2.85. The number of hydrogen-bond acceptors (Lipinski definition) is 4.